The second-order valence-electron chi connectivity index (χ2n) is 5.26. The number of rotatable bonds is 7. The lowest BCUT2D eigenvalue weighted by Gasteiger charge is -2.11. The Morgan fingerprint density at radius 3 is 2.20 bits per heavy atom. The van der Waals surface area contributed by atoms with Crippen molar-refractivity contribution in [2.75, 3.05) is 0 Å². The lowest BCUT2D eigenvalue weighted by molar-refractivity contribution is -0.138. The highest BCUT2D eigenvalue weighted by Gasteiger charge is 2.21. The molecule has 0 saturated carbocycles. The third-order valence-electron chi connectivity index (χ3n) is 2.95. The van der Waals surface area contributed by atoms with Crippen LogP contribution in [-0.2, 0) is 21.2 Å². The van der Waals surface area contributed by atoms with Crippen molar-refractivity contribution in [2.45, 2.75) is 44.6 Å². The minimum atomic E-state index is -3.78. The van der Waals surface area contributed by atoms with Crippen molar-refractivity contribution in [2.24, 2.45) is 5.92 Å². The number of aliphatic carboxylic acids is 1. The van der Waals surface area contributed by atoms with Crippen molar-refractivity contribution in [3.05, 3.63) is 29.8 Å². The Kier molecular flexibility index (Phi) is 5.71. The molecule has 20 heavy (non-hydrogen) atoms. The fraction of sp³-hybridized carbons (Fsp3) is 0.500. The Morgan fingerprint density at radius 1 is 1.20 bits per heavy atom. The topological polar surface area (TPSA) is 83.5 Å². The summed E-state index contributed by atoms with van der Waals surface area (Å²) in [5.41, 5.74) is 1.07. The van der Waals surface area contributed by atoms with Gasteiger partial charge in [-0.3, -0.25) is 4.79 Å². The number of nitrogens with one attached hydrogen (secondary N) is 1. The van der Waals surface area contributed by atoms with Gasteiger partial charge in [0.2, 0.25) is 10.0 Å². The Balaban J connectivity index is 2.79. The largest absolute Gasteiger partial charge is 0.480 e. The summed E-state index contributed by atoms with van der Waals surface area (Å²) in [6.45, 7) is 5.56. The second kappa shape index (κ2) is 6.85. The van der Waals surface area contributed by atoms with Crippen molar-refractivity contribution in [1.29, 1.82) is 0 Å². The van der Waals surface area contributed by atoms with Gasteiger partial charge in [-0.25, -0.2) is 8.42 Å². The summed E-state index contributed by atoms with van der Waals surface area (Å²) < 4.78 is 26.0. The smallest absolute Gasteiger partial charge is 0.321 e. The molecule has 0 fully saturated rings. The predicted molar refractivity (Wildman–Crippen MR) is 77.0 cm³/mol. The standard InChI is InChI=1S/C14H21NO4S/c1-10(2)4-5-12-6-8-13(9-7-12)20(18,19)15-11(3)14(16)17/h6-11,15H,4-5H2,1-3H3,(H,16,17)/t11-/m1/s1. The third-order valence-corrected chi connectivity index (χ3v) is 4.50. The average Bonchev–Trinajstić information content (AvgIpc) is 2.36. The van der Waals surface area contributed by atoms with Gasteiger partial charge in [0.15, 0.2) is 0 Å². The van der Waals surface area contributed by atoms with Crippen molar-refractivity contribution in [3.8, 4) is 0 Å². The van der Waals surface area contributed by atoms with Gasteiger partial charge in [-0.1, -0.05) is 26.0 Å². The zero-order valence-electron chi connectivity index (χ0n) is 12.0. The number of carbonyl (C=O) groups is 1. The summed E-state index contributed by atoms with van der Waals surface area (Å²) in [5.74, 6) is -0.612. The van der Waals surface area contributed by atoms with E-state index < -0.39 is 22.0 Å². The van der Waals surface area contributed by atoms with Crippen LogP contribution < -0.4 is 4.72 Å². The normalized spacial score (nSPS) is 13.4. The molecule has 5 nitrogen and oxygen atoms in total. The third kappa shape index (κ3) is 4.94. The van der Waals surface area contributed by atoms with E-state index in [4.69, 9.17) is 5.11 Å². The van der Waals surface area contributed by atoms with Gasteiger partial charge >= 0.3 is 5.97 Å². The van der Waals surface area contributed by atoms with Crippen LogP contribution in [0, 0.1) is 5.92 Å². The monoisotopic (exact) mass is 299 g/mol. The van der Waals surface area contributed by atoms with E-state index in [1.165, 1.54) is 19.1 Å². The molecule has 0 heterocycles. The first-order valence-corrected chi connectivity index (χ1v) is 8.05. The SMILES string of the molecule is CC(C)CCc1ccc(S(=O)(=O)N[C@H](C)C(=O)O)cc1. The van der Waals surface area contributed by atoms with E-state index >= 15 is 0 Å². The van der Waals surface area contributed by atoms with Gasteiger partial charge in [0, 0.05) is 0 Å². The highest BCUT2D eigenvalue weighted by molar-refractivity contribution is 7.89. The number of hydrogen-bond acceptors (Lipinski definition) is 3. The van der Waals surface area contributed by atoms with Crippen molar-refractivity contribution >= 4 is 16.0 Å². The zero-order chi connectivity index (χ0) is 15.3. The molecular formula is C14H21NO4S. The van der Waals surface area contributed by atoms with Gasteiger partial charge in [0.25, 0.3) is 0 Å². The van der Waals surface area contributed by atoms with Crippen LogP contribution in [-0.4, -0.2) is 25.5 Å². The van der Waals surface area contributed by atoms with Crippen LogP contribution in [0.15, 0.2) is 29.2 Å². The van der Waals surface area contributed by atoms with Gasteiger partial charge in [-0.2, -0.15) is 4.72 Å². The number of carboxylic acid groups (broad SMARTS) is 1. The van der Waals surface area contributed by atoms with Crippen molar-refractivity contribution in [1.82, 2.24) is 4.72 Å². The fourth-order valence-electron chi connectivity index (χ4n) is 1.64. The number of hydrogen-bond donors (Lipinski definition) is 2. The van der Waals surface area contributed by atoms with E-state index in [0.717, 1.165) is 18.4 Å². The fourth-order valence-corrected chi connectivity index (χ4v) is 2.84. The predicted octanol–water partition coefficient (Wildman–Crippen LogP) is 2.03. The Morgan fingerprint density at radius 2 is 1.75 bits per heavy atom. The summed E-state index contributed by atoms with van der Waals surface area (Å²) in [7, 11) is -3.78. The maximum atomic E-state index is 11.9. The molecule has 1 aromatic rings. The molecule has 0 aromatic heterocycles. The summed E-state index contributed by atoms with van der Waals surface area (Å²) in [6.07, 6.45) is 1.94. The minimum Gasteiger partial charge on any atom is -0.480 e. The van der Waals surface area contributed by atoms with Crippen molar-refractivity contribution in [3.63, 3.8) is 0 Å². The summed E-state index contributed by atoms with van der Waals surface area (Å²) in [6, 6.07) is 5.39. The highest BCUT2D eigenvalue weighted by atomic mass is 32.2. The maximum Gasteiger partial charge on any atom is 0.321 e. The molecule has 0 bridgehead atoms. The summed E-state index contributed by atoms with van der Waals surface area (Å²) in [5, 5.41) is 8.73. The number of aryl methyl sites for hydroxylation is 1. The number of sulfonamides is 1. The van der Waals surface area contributed by atoms with E-state index in [-0.39, 0.29) is 4.90 Å². The molecule has 0 spiro atoms. The molecule has 0 saturated heterocycles. The second-order valence-corrected chi connectivity index (χ2v) is 6.97. The van der Waals surface area contributed by atoms with Crippen LogP contribution in [0.3, 0.4) is 0 Å². The van der Waals surface area contributed by atoms with Gasteiger partial charge in [-0.05, 0) is 43.4 Å². The maximum absolute atomic E-state index is 11.9. The van der Waals surface area contributed by atoms with Crippen LogP contribution in [0.2, 0.25) is 0 Å². The molecule has 112 valence electrons. The molecule has 0 amide bonds. The molecular weight excluding hydrogens is 278 g/mol. The zero-order valence-corrected chi connectivity index (χ0v) is 12.8. The van der Waals surface area contributed by atoms with Gasteiger partial charge in [0.1, 0.15) is 6.04 Å². The Hall–Kier alpha value is -1.40. The molecule has 1 atom stereocenters. The molecule has 1 rings (SSSR count). The molecule has 6 heteroatoms. The van der Waals surface area contributed by atoms with Crippen molar-refractivity contribution < 1.29 is 18.3 Å². The molecule has 0 aliphatic rings. The van der Waals surface area contributed by atoms with E-state index in [1.807, 2.05) is 0 Å². The molecule has 0 radical (unpaired) electrons. The molecule has 0 unspecified atom stereocenters. The van der Waals surface area contributed by atoms with E-state index in [9.17, 15) is 13.2 Å². The van der Waals surface area contributed by atoms with E-state index in [1.54, 1.807) is 12.1 Å². The lowest BCUT2D eigenvalue weighted by atomic mass is 10.0. The van der Waals surface area contributed by atoms with Crippen LogP contribution in [0.1, 0.15) is 32.8 Å². The molecule has 0 aliphatic carbocycles. The summed E-state index contributed by atoms with van der Waals surface area (Å²) >= 11 is 0. The van der Waals surface area contributed by atoms with Crippen LogP contribution in [0.25, 0.3) is 0 Å². The molecule has 2 N–H and O–H groups in total. The van der Waals surface area contributed by atoms with Crippen LogP contribution in [0.5, 0.6) is 0 Å². The Bertz CT molecular complexity index is 549. The highest BCUT2D eigenvalue weighted by Crippen LogP contribution is 2.14. The first-order valence-electron chi connectivity index (χ1n) is 6.56. The average molecular weight is 299 g/mol. The van der Waals surface area contributed by atoms with E-state index in [2.05, 4.69) is 18.6 Å². The van der Waals surface area contributed by atoms with Crippen LogP contribution >= 0.6 is 0 Å². The lowest BCUT2D eigenvalue weighted by Crippen LogP contribution is -2.38. The van der Waals surface area contributed by atoms with Gasteiger partial charge in [0.05, 0.1) is 4.90 Å². The quantitative estimate of drug-likeness (QED) is 0.807. The minimum absolute atomic E-state index is 0.0823. The first kappa shape index (κ1) is 16.7. The van der Waals surface area contributed by atoms with Crippen LogP contribution in [0.4, 0.5) is 0 Å². The van der Waals surface area contributed by atoms with Gasteiger partial charge in [-0.15, -0.1) is 0 Å². The summed E-state index contributed by atoms with van der Waals surface area (Å²) in [4.78, 5) is 10.8. The Labute approximate surface area is 120 Å². The molecule has 1 aromatic carbocycles. The first-order chi connectivity index (χ1) is 9.22. The van der Waals surface area contributed by atoms with E-state index in [0.29, 0.717) is 5.92 Å². The molecule has 0 aliphatic heterocycles. The number of benzene rings is 1. The van der Waals surface area contributed by atoms with Gasteiger partial charge < -0.3 is 5.11 Å². The number of carboxylic acids is 1.